The molecular weight excluding hydrogens is 470 g/mol. The number of nitrogens with two attached hydrogens (primary N) is 1. The first-order chi connectivity index (χ1) is 17.9. The molecule has 0 spiro atoms. The van der Waals surface area contributed by atoms with Crippen LogP contribution in [-0.4, -0.2) is 88.3 Å². The minimum atomic E-state index is -0.687. The smallest absolute Gasteiger partial charge is 0.320 e. The molecule has 1 atom stereocenters. The van der Waals surface area contributed by atoms with Gasteiger partial charge in [-0.1, -0.05) is 12.1 Å². The number of hydrogen-bond acceptors (Lipinski definition) is 8. The number of hydrogen-bond donors (Lipinski definition) is 3. The number of carbonyl (C=O) groups excluding carboxylic acids is 2. The maximum absolute atomic E-state index is 12.9. The van der Waals surface area contributed by atoms with Crippen LogP contribution in [0.2, 0.25) is 0 Å². The van der Waals surface area contributed by atoms with E-state index < -0.39 is 5.91 Å². The molecule has 3 amide bonds. The number of urea groups is 1. The van der Waals surface area contributed by atoms with Crippen LogP contribution in [0.25, 0.3) is 0 Å². The molecule has 0 saturated carbocycles. The number of rotatable bonds is 7. The Bertz CT molecular complexity index is 1120. The SMILES string of the molecule is CC(C)N1CCN(C2CCCN(c3nnc(C(N)=O)c(Nc4ccc(C5CCNCC5)cc4)n3)C2)C1=O. The monoisotopic (exact) mass is 507 g/mol. The zero-order chi connectivity index (χ0) is 25.9. The minimum absolute atomic E-state index is 0.00189. The van der Waals surface area contributed by atoms with E-state index in [1.165, 1.54) is 5.56 Å². The van der Waals surface area contributed by atoms with Gasteiger partial charge >= 0.3 is 6.03 Å². The van der Waals surface area contributed by atoms with Gasteiger partial charge in [-0.25, -0.2) is 4.79 Å². The van der Waals surface area contributed by atoms with E-state index in [0.29, 0.717) is 18.4 Å². The number of amides is 3. The average Bonchev–Trinajstić information content (AvgIpc) is 3.31. The average molecular weight is 508 g/mol. The van der Waals surface area contributed by atoms with Crippen molar-refractivity contribution in [2.24, 2.45) is 5.73 Å². The molecule has 37 heavy (non-hydrogen) atoms. The van der Waals surface area contributed by atoms with Gasteiger partial charge in [0.25, 0.3) is 5.91 Å². The summed E-state index contributed by atoms with van der Waals surface area (Å²) in [5.74, 6) is 0.590. The summed E-state index contributed by atoms with van der Waals surface area (Å²) in [5.41, 5.74) is 7.71. The minimum Gasteiger partial charge on any atom is -0.364 e. The topological polar surface area (TPSA) is 133 Å². The zero-order valence-corrected chi connectivity index (χ0v) is 21.7. The molecule has 11 nitrogen and oxygen atoms in total. The number of aromatic nitrogens is 3. The molecule has 3 fully saturated rings. The molecule has 3 saturated heterocycles. The van der Waals surface area contributed by atoms with Crippen molar-refractivity contribution in [3.63, 3.8) is 0 Å². The molecule has 11 heteroatoms. The fourth-order valence-corrected chi connectivity index (χ4v) is 5.62. The Morgan fingerprint density at radius 1 is 1.08 bits per heavy atom. The van der Waals surface area contributed by atoms with Gasteiger partial charge < -0.3 is 31.1 Å². The van der Waals surface area contributed by atoms with Crippen LogP contribution in [-0.2, 0) is 0 Å². The molecule has 4 heterocycles. The molecule has 198 valence electrons. The first-order valence-electron chi connectivity index (χ1n) is 13.3. The third-order valence-electron chi connectivity index (χ3n) is 7.71. The molecule has 2 aromatic rings. The van der Waals surface area contributed by atoms with Gasteiger partial charge in [0.05, 0.1) is 6.04 Å². The van der Waals surface area contributed by atoms with Gasteiger partial charge in [0.15, 0.2) is 11.5 Å². The van der Waals surface area contributed by atoms with Gasteiger partial charge in [0.1, 0.15) is 0 Å². The van der Waals surface area contributed by atoms with Crippen molar-refractivity contribution < 1.29 is 9.59 Å². The van der Waals surface area contributed by atoms with E-state index in [-0.39, 0.29) is 29.6 Å². The Hall–Kier alpha value is -3.47. The second kappa shape index (κ2) is 10.9. The van der Waals surface area contributed by atoms with Crippen molar-refractivity contribution in [2.75, 3.05) is 49.5 Å². The Kier molecular flexibility index (Phi) is 7.40. The molecule has 1 aromatic heterocycles. The summed E-state index contributed by atoms with van der Waals surface area (Å²) < 4.78 is 0. The maximum Gasteiger partial charge on any atom is 0.320 e. The van der Waals surface area contributed by atoms with Crippen molar-refractivity contribution in [3.8, 4) is 0 Å². The van der Waals surface area contributed by atoms with Crippen LogP contribution in [0.4, 0.5) is 22.2 Å². The molecule has 1 aromatic carbocycles. The zero-order valence-electron chi connectivity index (χ0n) is 21.7. The lowest BCUT2D eigenvalue weighted by molar-refractivity contribution is 0.0995. The molecule has 1 unspecified atom stereocenters. The highest BCUT2D eigenvalue weighted by Crippen LogP contribution is 2.28. The van der Waals surface area contributed by atoms with E-state index in [4.69, 9.17) is 5.73 Å². The van der Waals surface area contributed by atoms with Crippen molar-refractivity contribution in [1.29, 1.82) is 0 Å². The van der Waals surface area contributed by atoms with Gasteiger partial charge in [-0.05, 0) is 76.2 Å². The summed E-state index contributed by atoms with van der Waals surface area (Å²) in [5, 5.41) is 15.0. The number of primary amides is 1. The van der Waals surface area contributed by atoms with Crippen molar-refractivity contribution in [1.82, 2.24) is 30.3 Å². The van der Waals surface area contributed by atoms with Gasteiger partial charge in [-0.15, -0.1) is 10.2 Å². The second-order valence-corrected chi connectivity index (χ2v) is 10.4. The van der Waals surface area contributed by atoms with Crippen molar-refractivity contribution in [3.05, 3.63) is 35.5 Å². The lowest BCUT2D eigenvalue weighted by atomic mass is 9.90. The van der Waals surface area contributed by atoms with Crippen molar-refractivity contribution >= 4 is 29.4 Å². The highest BCUT2D eigenvalue weighted by atomic mass is 16.2. The van der Waals surface area contributed by atoms with Crippen LogP contribution >= 0.6 is 0 Å². The first-order valence-corrected chi connectivity index (χ1v) is 13.3. The summed E-state index contributed by atoms with van der Waals surface area (Å²) in [6.07, 6.45) is 4.12. The highest BCUT2D eigenvalue weighted by molar-refractivity contribution is 5.96. The van der Waals surface area contributed by atoms with E-state index >= 15 is 0 Å². The van der Waals surface area contributed by atoms with E-state index in [0.717, 1.165) is 64.1 Å². The van der Waals surface area contributed by atoms with Crippen LogP contribution in [0, 0.1) is 0 Å². The molecule has 0 aliphatic carbocycles. The number of benzene rings is 1. The lowest BCUT2D eigenvalue weighted by Crippen LogP contribution is -2.50. The van der Waals surface area contributed by atoms with E-state index in [1.54, 1.807) is 0 Å². The van der Waals surface area contributed by atoms with Gasteiger partial charge in [0, 0.05) is 37.9 Å². The standard InChI is InChI=1S/C26H37N9O2/c1-17(2)34-14-15-35(26(34)37)21-4-3-13-33(16-21)25-30-24(22(23(27)36)31-32-25)29-20-7-5-18(6-8-20)19-9-11-28-12-10-19/h5-8,17,19,21,28H,3-4,9-16H2,1-2H3,(H2,27,36)(H,29,30,32). The second-order valence-electron chi connectivity index (χ2n) is 10.4. The van der Waals surface area contributed by atoms with E-state index in [1.807, 2.05) is 40.7 Å². The maximum atomic E-state index is 12.9. The highest BCUT2D eigenvalue weighted by Gasteiger charge is 2.37. The van der Waals surface area contributed by atoms with Crippen LogP contribution in [0.15, 0.2) is 24.3 Å². The molecule has 5 rings (SSSR count). The molecular formula is C26H37N9O2. The summed E-state index contributed by atoms with van der Waals surface area (Å²) in [4.78, 5) is 35.6. The van der Waals surface area contributed by atoms with Gasteiger partial charge in [-0.3, -0.25) is 4.79 Å². The number of carbonyl (C=O) groups is 2. The summed E-state index contributed by atoms with van der Waals surface area (Å²) in [6.45, 7) is 9.04. The number of anilines is 3. The molecule has 0 bridgehead atoms. The molecule has 0 radical (unpaired) electrons. The molecule has 3 aliphatic rings. The normalized spacial score (nSPS) is 21.1. The fourth-order valence-electron chi connectivity index (χ4n) is 5.62. The predicted molar refractivity (Wildman–Crippen MR) is 142 cm³/mol. The van der Waals surface area contributed by atoms with Crippen LogP contribution < -0.4 is 21.3 Å². The number of nitrogens with one attached hydrogen (secondary N) is 2. The summed E-state index contributed by atoms with van der Waals surface area (Å²) in [6, 6.07) is 8.62. The van der Waals surface area contributed by atoms with E-state index in [2.05, 4.69) is 37.9 Å². The lowest BCUT2D eigenvalue weighted by Gasteiger charge is -2.37. The van der Waals surface area contributed by atoms with Crippen LogP contribution in [0.1, 0.15) is 61.5 Å². The van der Waals surface area contributed by atoms with E-state index in [9.17, 15) is 9.59 Å². The number of piperidine rings is 2. The van der Waals surface area contributed by atoms with Crippen LogP contribution in [0.5, 0.6) is 0 Å². The quantitative estimate of drug-likeness (QED) is 0.520. The molecule has 3 aliphatic heterocycles. The predicted octanol–water partition coefficient (Wildman–Crippen LogP) is 2.30. The Morgan fingerprint density at radius 3 is 2.51 bits per heavy atom. The first kappa shape index (κ1) is 25.2. The summed E-state index contributed by atoms with van der Waals surface area (Å²) in [7, 11) is 0. The van der Waals surface area contributed by atoms with Crippen molar-refractivity contribution in [2.45, 2.75) is 57.5 Å². The fraction of sp³-hybridized carbons (Fsp3) is 0.577. The van der Waals surface area contributed by atoms with Gasteiger partial charge in [0.2, 0.25) is 5.95 Å². The third kappa shape index (κ3) is 5.46. The Morgan fingerprint density at radius 2 is 1.84 bits per heavy atom. The largest absolute Gasteiger partial charge is 0.364 e. The number of nitrogens with zero attached hydrogens (tertiary/aromatic N) is 6. The molecule has 4 N–H and O–H groups in total. The van der Waals surface area contributed by atoms with Gasteiger partial charge in [-0.2, -0.15) is 4.98 Å². The summed E-state index contributed by atoms with van der Waals surface area (Å²) >= 11 is 0. The third-order valence-corrected chi connectivity index (χ3v) is 7.71. The Labute approximate surface area is 217 Å². The Balaban J connectivity index is 1.31. The van der Waals surface area contributed by atoms with Crippen LogP contribution in [0.3, 0.4) is 0 Å².